The van der Waals surface area contributed by atoms with E-state index in [0.29, 0.717) is 17.7 Å². The lowest BCUT2D eigenvalue weighted by Crippen LogP contribution is -2.14. The van der Waals surface area contributed by atoms with Crippen LogP contribution in [0.15, 0.2) is 18.2 Å². The number of benzene rings is 1. The van der Waals surface area contributed by atoms with Gasteiger partial charge in [-0.1, -0.05) is 17.9 Å². The van der Waals surface area contributed by atoms with E-state index in [1.54, 1.807) is 17.8 Å². The first-order chi connectivity index (χ1) is 9.13. The second-order valence-corrected chi connectivity index (χ2v) is 5.54. The smallest absolute Gasteiger partial charge is 0.128 e. The Bertz CT molecular complexity index is 451. The van der Waals surface area contributed by atoms with Gasteiger partial charge >= 0.3 is 0 Å². The molecule has 2 nitrogen and oxygen atoms in total. The molecule has 4 heteroatoms. The van der Waals surface area contributed by atoms with E-state index in [0.717, 1.165) is 17.9 Å². The van der Waals surface area contributed by atoms with Crippen molar-refractivity contribution in [1.29, 1.82) is 0 Å². The second kappa shape index (κ2) is 8.98. The standard InChI is InChI=1S/C15H20FNOS/c1-17(2)8-10-19-12-14-7-6-13(11-15(14)16)5-3-4-9-18/h6-7,11,18H,4,8-10,12H2,1-2H3. The molecule has 0 unspecified atom stereocenters. The minimum absolute atomic E-state index is 0.0378. The van der Waals surface area contributed by atoms with Gasteiger partial charge in [0.15, 0.2) is 0 Å². The van der Waals surface area contributed by atoms with Crippen molar-refractivity contribution < 1.29 is 9.50 Å². The highest BCUT2D eigenvalue weighted by molar-refractivity contribution is 7.98. The van der Waals surface area contributed by atoms with Gasteiger partial charge in [-0.25, -0.2) is 4.39 Å². The van der Waals surface area contributed by atoms with Gasteiger partial charge in [-0.05, 0) is 31.8 Å². The van der Waals surface area contributed by atoms with E-state index in [2.05, 4.69) is 16.7 Å². The van der Waals surface area contributed by atoms with Crippen molar-refractivity contribution in [3.8, 4) is 11.8 Å². The maximum atomic E-state index is 13.8. The summed E-state index contributed by atoms with van der Waals surface area (Å²) in [5.74, 6) is 7.09. The molecule has 0 spiro atoms. The lowest BCUT2D eigenvalue weighted by molar-refractivity contribution is 0.305. The van der Waals surface area contributed by atoms with Crippen LogP contribution in [0.1, 0.15) is 17.5 Å². The van der Waals surface area contributed by atoms with E-state index in [1.807, 2.05) is 20.2 Å². The highest BCUT2D eigenvalue weighted by atomic mass is 32.2. The van der Waals surface area contributed by atoms with Gasteiger partial charge in [0.1, 0.15) is 5.82 Å². The number of nitrogens with zero attached hydrogens (tertiary/aromatic N) is 1. The quantitative estimate of drug-likeness (QED) is 0.639. The molecule has 0 aliphatic rings. The first-order valence-electron chi connectivity index (χ1n) is 6.24. The fourth-order valence-electron chi connectivity index (χ4n) is 1.39. The predicted octanol–water partition coefficient (Wildman–Crippen LogP) is 2.35. The molecule has 0 saturated carbocycles. The summed E-state index contributed by atoms with van der Waals surface area (Å²) in [5, 5.41) is 8.62. The molecule has 1 rings (SSSR count). The Morgan fingerprint density at radius 3 is 2.79 bits per heavy atom. The molecule has 0 aliphatic heterocycles. The number of aliphatic hydroxyl groups is 1. The zero-order chi connectivity index (χ0) is 14.1. The molecule has 104 valence electrons. The molecule has 1 aromatic rings. The molecule has 0 aromatic heterocycles. The summed E-state index contributed by atoms with van der Waals surface area (Å²) in [4.78, 5) is 2.11. The van der Waals surface area contributed by atoms with E-state index in [-0.39, 0.29) is 12.4 Å². The monoisotopic (exact) mass is 281 g/mol. The normalized spacial score (nSPS) is 10.4. The van der Waals surface area contributed by atoms with Crippen molar-refractivity contribution in [1.82, 2.24) is 4.90 Å². The largest absolute Gasteiger partial charge is 0.395 e. The Hall–Kier alpha value is -1.02. The van der Waals surface area contributed by atoms with Crippen molar-refractivity contribution in [2.75, 3.05) is 33.0 Å². The van der Waals surface area contributed by atoms with Gasteiger partial charge in [0.05, 0.1) is 6.61 Å². The molecular weight excluding hydrogens is 261 g/mol. The van der Waals surface area contributed by atoms with E-state index in [9.17, 15) is 4.39 Å². The Balaban J connectivity index is 2.51. The van der Waals surface area contributed by atoms with Crippen molar-refractivity contribution in [2.24, 2.45) is 0 Å². The number of rotatable bonds is 6. The lowest BCUT2D eigenvalue weighted by Gasteiger charge is -2.09. The average Bonchev–Trinajstić information content (AvgIpc) is 2.36. The van der Waals surface area contributed by atoms with Crippen LogP contribution in [-0.2, 0) is 5.75 Å². The Morgan fingerprint density at radius 2 is 2.16 bits per heavy atom. The minimum atomic E-state index is -0.201. The number of aliphatic hydroxyl groups excluding tert-OH is 1. The lowest BCUT2D eigenvalue weighted by atomic mass is 10.1. The van der Waals surface area contributed by atoms with Gasteiger partial charge in [-0.2, -0.15) is 11.8 Å². The maximum absolute atomic E-state index is 13.8. The van der Waals surface area contributed by atoms with Gasteiger partial charge in [-0.15, -0.1) is 0 Å². The first-order valence-corrected chi connectivity index (χ1v) is 7.39. The van der Waals surface area contributed by atoms with Gasteiger partial charge in [0.2, 0.25) is 0 Å². The highest BCUT2D eigenvalue weighted by Gasteiger charge is 2.03. The van der Waals surface area contributed by atoms with E-state index < -0.39 is 0 Å². The van der Waals surface area contributed by atoms with Gasteiger partial charge < -0.3 is 10.0 Å². The number of hydrogen-bond donors (Lipinski definition) is 1. The van der Waals surface area contributed by atoms with Crippen LogP contribution in [-0.4, -0.2) is 43.0 Å². The first kappa shape index (κ1) is 16.0. The van der Waals surface area contributed by atoms with Gasteiger partial charge in [0, 0.05) is 30.0 Å². The fourth-order valence-corrected chi connectivity index (χ4v) is 2.48. The molecule has 19 heavy (non-hydrogen) atoms. The van der Waals surface area contributed by atoms with Gasteiger partial charge in [0.25, 0.3) is 0 Å². The number of hydrogen-bond acceptors (Lipinski definition) is 3. The molecule has 0 saturated heterocycles. The van der Waals surface area contributed by atoms with Crippen molar-refractivity contribution >= 4 is 11.8 Å². The van der Waals surface area contributed by atoms with Crippen LogP contribution in [0, 0.1) is 17.7 Å². The molecule has 1 aromatic carbocycles. The van der Waals surface area contributed by atoms with Crippen LogP contribution >= 0.6 is 11.8 Å². The Morgan fingerprint density at radius 1 is 1.37 bits per heavy atom. The number of thioether (sulfide) groups is 1. The predicted molar refractivity (Wildman–Crippen MR) is 79.7 cm³/mol. The summed E-state index contributed by atoms with van der Waals surface area (Å²) < 4.78 is 13.8. The van der Waals surface area contributed by atoms with Crippen molar-refractivity contribution in [3.05, 3.63) is 35.1 Å². The molecule has 0 bridgehead atoms. The fraction of sp³-hybridized carbons (Fsp3) is 0.467. The van der Waals surface area contributed by atoms with Crippen molar-refractivity contribution in [3.63, 3.8) is 0 Å². The topological polar surface area (TPSA) is 23.5 Å². The summed E-state index contributed by atoms with van der Waals surface area (Å²) in [6, 6.07) is 5.09. The van der Waals surface area contributed by atoms with Crippen LogP contribution in [0.4, 0.5) is 4.39 Å². The molecule has 1 N–H and O–H groups in total. The van der Waals surface area contributed by atoms with Crippen molar-refractivity contribution in [2.45, 2.75) is 12.2 Å². The molecule has 0 radical (unpaired) electrons. The number of halogens is 1. The maximum Gasteiger partial charge on any atom is 0.128 e. The molecule has 0 heterocycles. The van der Waals surface area contributed by atoms with Crippen LogP contribution in [0.25, 0.3) is 0 Å². The summed E-state index contributed by atoms with van der Waals surface area (Å²) >= 11 is 1.73. The SMILES string of the molecule is CN(C)CCSCc1ccc(C#CCCO)cc1F. The van der Waals surface area contributed by atoms with E-state index in [4.69, 9.17) is 5.11 Å². The summed E-state index contributed by atoms with van der Waals surface area (Å²) in [7, 11) is 4.06. The van der Waals surface area contributed by atoms with Gasteiger partial charge in [-0.3, -0.25) is 0 Å². The second-order valence-electron chi connectivity index (χ2n) is 4.44. The van der Waals surface area contributed by atoms with Crippen LogP contribution in [0.2, 0.25) is 0 Å². The Labute approximate surface area is 119 Å². The highest BCUT2D eigenvalue weighted by Crippen LogP contribution is 2.16. The molecule has 0 aliphatic carbocycles. The van der Waals surface area contributed by atoms with Crippen LogP contribution in [0.5, 0.6) is 0 Å². The molecule has 0 atom stereocenters. The zero-order valence-electron chi connectivity index (χ0n) is 11.4. The summed E-state index contributed by atoms with van der Waals surface area (Å²) in [5.41, 5.74) is 1.38. The van der Waals surface area contributed by atoms with E-state index >= 15 is 0 Å². The van der Waals surface area contributed by atoms with Crippen LogP contribution < -0.4 is 0 Å². The minimum Gasteiger partial charge on any atom is -0.395 e. The summed E-state index contributed by atoms with van der Waals surface area (Å²) in [6.45, 7) is 1.03. The molecular formula is C15H20FNOS. The average molecular weight is 281 g/mol. The third-order valence-electron chi connectivity index (χ3n) is 2.46. The van der Waals surface area contributed by atoms with E-state index in [1.165, 1.54) is 6.07 Å². The van der Waals surface area contributed by atoms with Crippen LogP contribution in [0.3, 0.4) is 0 Å². The summed E-state index contributed by atoms with van der Waals surface area (Å²) in [6.07, 6.45) is 0.420. The Kier molecular flexibility index (Phi) is 7.57. The third-order valence-corrected chi connectivity index (χ3v) is 3.45. The third kappa shape index (κ3) is 6.63. The zero-order valence-corrected chi connectivity index (χ0v) is 12.3. The molecule has 0 amide bonds. The molecule has 0 fully saturated rings.